The summed E-state index contributed by atoms with van der Waals surface area (Å²) >= 11 is 6.10. The number of hydrogen-bond acceptors (Lipinski definition) is 2. The molecule has 0 bridgehead atoms. The molecule has 2 aromatic rings. The molecule has 0 aliphatic heterocycles. The fraction of sp³-hybridized carbons (Fsp3) is 0.333. The molecule has 4 nitrogen and oxygen atoms in total. The molecule has 0 fully saturated rings. The Hall–Kier alpha value is -1.55. The maximum Gasteiger partial charge on any atom is 0.219 e. The first-order valence-electron chi connectivity index (χ1n) is 5.47. The zero-order valence-corrected chi connectivity index (χ0v) is 10.3. The van der Waals surface area contributed by atoms with Crippen molar-refractivity contribution in [3.05, 3.63) is 30.1 Å². The highest BCUT2D eigenvalue weighted by atomic mass is 35.5. The molecule has 1 heterocycles. The summed E-state index contributed by atoms with van der Waals surface area (Å²) in [4.78, 5) is 15.3. The number of rotatable bonds is 4. The second kappa shape index (κ2) is 4.75. The van der Waals surface area contributed by atoms with Gasteiger partial charge in [-0.05, 0) is 19.1 Å². The number of amides is 1. The van der Waals surface area contributed by atoms with Crippen LogP contribution in [0.3, 0.4) is 0 Å². The lowest BCUT2D eigenvalue weighted by molar-refractivity contribution is -0.118. The molecule has 1 amide bonds. The van der Waals surface area contributed by atoms with Crippen LogP contribution < -0.4 is 5.73 Å². The molecule has 0 spiro atoms. The van der Waals surface area contributed by atoms with E-state index in [9.17, 15) is 4.79 Å². The van der Waals surface area contributed by atoms with Gasteiger partial charge in [-0.2, -0.15) is 0 Å². The fourth-order valence-corrected chi connectivity index (χ4v) is 2.02. The third-order valence-corrected chi connectivity index (χ3v) is 2.82. The van der Waals surface area contributed by atoms with Crippen molar-refractivity contribution in [3.8, 4) is 0 Å². The van der Waals surface area contributed by atoms with Crippen LogP contribution in [-0.4, -0.2) is 15.5 Å². The van der Waals surface area contributed by atoms with Gasteiger partial charge in [-0.25, -0.2) is 4.98 Å². The van der Waals surface area contributed by atoms with E-state index in [1.165, 1.54) is 0 Å². The van der Waals surface area contributed by atoms with Gasteiger partial charge in [0.05, 0.1) is 16.4 Å². The number of para-hydroxylation sites is 2. The van der Waals surface area contributed by atoms with E-state index in [4.69, 9.17) is 17.3 Å². The molecule has 0 radical (unpaired) electrons. The van der Waals surface area contributed by atoms with Crippen molar-refractivity contribution in [3.63, 3.8) is 0 Å². The normalized spacial score (nSPS) is 12.8. The summed E-state index contributed by atoms with van der Waals surface area (Å²) in [6.07, 6.45) is 0.289. The van der Waals surface area contributed by atoms with Crippen molar-refractivity contribution in [2.45, 2.75) is 25.3 Å². The van der Waals surface area contributed by atoms with Gasteiger partial charge in [0, 0.05) is 13.0 Å². The number of aromatic nitrogens is 2. The van der Waals surface area contributed by atoms with Crippen LogP contribution in [0.25, 0.3) is 11.0 Å². The minimum Gasteiger partial charge on any atom is -0.370 e. The van der Waals surface area contributed by atoms with Gasteiger partial charge in [-0.3, -0.25) is 4.79 Å². The Bertz CT molecular complexity index is 548. The van der Waals surface area contributed by atoms with E-state index < -0.39 is 0 Å². The van der Waals surface area contributed by atoms with Crippen LogP contribution in [0.1, 0.15) is 24.5 Å². The van der Waals surface area contributed by atoms with E-state index in [1.807, 2.05) is 35.8 Å². The molecule has 1 aromatic heterocycles. The van der Waals surface area contributed by atoms with E-state index in [-0.39, 0.29) is 17.7 Å². The first-order chi connectivity index (χ1) is 8.09. The molecule has 90 valence electrons. The summed E-state index contributed by atoms with van der Waals surface area (Å²) in [7, 11) is 0. The lowest BCUT2D eigenvalue weighted by Gasteiger charge is -2.08. The summed E-state index contributed by atoms with van der Waals surface area (Å²) in [5.41, 5.74) is 7.04. The molecule has 0 aliphatic rings. The Kier molecular flexibility index (Phi) is 3.33. The average Bonchev–Trinajstić information content (AvgIpc) is 2.65. The van der Waals surface area contributed by atoms with Crippen LogP contribution in [0, 0.1) is 0 Å². The Morgan fingerprint density at radius 1 is 1.53 bits per heavy atom. The number of nitrogens with zero attached hydrogens (tertiary/aromatic N) is 2. The van der Waals surface area contributed by atoms with Crippen LogP contribution in [0.5, 0.6) is 0 Å². The lowest BCUT2D eigenvalue weighted by atomic mass is 10.3. The van der Waals surface area contributed by atoms with Crippen LogP contribution in [0.2, 0.25) is 0 Å². The molecule has 0 aliphatic carbocycles. The maximum absolute atomic E-state index is 10.9. The monoisotopic (exact) mass is 251 g/mol. The van der Waals surface area contributed by atoms with Gasteiger partial charge in [0.15, 0.2) is 0 Å². The number of carbonyl (C=O) groups is 1. The fourth-order valence-electron chi connectivity index (χ4n) is 1.85. The number of benzene rings is 1. The Labute approximate surface area is 104 Å². The summed E-state index contributed by atoms with van der Waals surface area (Å²) in [5, 5.41) is -0.199. The van der Waals surface area contributed by atoms with Gasteiger partial charge in [0.25, 0.3) is 0 Å². The summed E-state index contributed by atoms with van der Waals surface area (Å²) in [6, 6.07) is 7.76. The second-order valence-electron chi connectivity index (χ2n) is 3.94. The van der Waals surface area contributed by atoms with Gasteiger partial charge in [-0.15, -0.1) is 11.6 Å². The zero-order chi connectivity index (χ0) is 12.4. The lowest BCUT2D eigenvalue weighted by Crippen LogP contribution is -2.15. The average molecular weight is 252 g/mol. The number of hydrogen-bond donors (Lipinski definition) is 1. The molecule has 17 heavy (non-hydrogen) atoms. The summed E-state index contributed by atoms with van der Waals surface area (Å²) < 4.78 is 1.96. The first-order valence-corrected chi connectivity index (χ1v) is 5.91. The van der Waals surface area contributed by atoms with Crippen LogP contribution in [-0.2, 0) is 11.3 Å². The molecule has 2 rings (SSSR count). The van der Waals surface area contributed by atoms with Crippen molar-refractivity contribution in [1.82, 2.24) is 9.55 Å². The molecule has 2 N–H and O–H groups in total. The number of primary amides is 1. The smallest absolute Gasteiger partial charge is 0.219 e. The van der Waals surface area contributed by atoms with Crippen molar-refractivity contribution >= 4 is 28.5 Å². The van der Waals surface area contributed by atoms with E-state index in [1.54, 1.807) is 0 Å². The number of alkyl halides is 1. The minimum atomic E-state index is -0.323. The third kappa shape index (κ3) is 2.42. The predicted molar refractivity (Wildman–Crippen MR) is 67.8 cm³/mol. The number of imidazole rings is 1. The van der Waals surface area contributed by atoms with Crippen molar-refractivity contribution in [1.29, 1.82) is 0 Å². The molecule has 1 unspecified atom stereocenters. The van der Waals surface area contributed by atoms with E-state index in [0.29, 0.717) is 6.54 Å². The standard InChI is InChI=1S/C12H14ClN3O/c1-8(13)12-15-9-4-2-3-5-10(9)16(12)7-6-11(14)17/h2-5,8H,6-7H2,1H3,(H2,14,17). The molecule has 0 saturated carbocycles. The summed E-state index contributed by atoms with van der Waals surface area (Å²) in [6.45, 7) is 2.38. The highest BCUT2D eigenvalue weighted by molar-refractivity contribution is 6.20. The highest BCUT2D eigenvalue weighted by Gasteiger charge is 2.14. The van der Waals surface area contributed by atoms with E-state index in [2.05, 4.69) is 4.98 Å². The second-order valence-corrected chi connectivity index (χ2v) is 4.60. The van der Waals surface area contributed by atoms with Gasteiger partial charge < -0.3 is 10.3 Å². The van der Waals surface area contributed by atoms with Gasteiger partial charge in [-0.1, -0.05) is 12.1 Å². The maximum atomic E-state index is 10.9. The van der Waals surface area contributed by atoms with Crippen LogP contribution in [0.4, 0.5) is 0 Å². The molecule has 1 aromatic carbocycles. The molecule has 0 saturated heterocycles. The quantitative estimate of drug-likeness (QED) is 0.847. The minimum absolute atomic E-state index is 0.199. The highest BCUT2D eigenvalue weighted by Crippen LogP contribution is 2.24. The first kappa shape index (κ1) is 11.9. The topological polar surface area (TPSA) is 60.9 Å². The van der Waals surface area contributed by atoms with Crippen molar-refractivity contribution < 1.29 is 4.79 Å². The zero-order valence-electron chi connectivity index (χ0n) is 9.56. The van der Waals surface area contributed by atoms with Crippen LogP contribution >= 0.6 is 11.6 Å². The van der Waals surface area contributed by atoms with Gasteiger partial charge >= 0.3 is 0 Å². The van der Waals surface area contributed by atoms with Crippen molar-refractivity contribution in [2.75, 3.05) is 0 Å². The Balaban J connectivity index is 2.48. The predicted octanol–water partition coefficient (Wildman–Crippen LogP) is 2.21. The Morgan fingerprint density at radius 2 is 2.24 bits per heavy atom. The third-order valence-electron chi connectivity index (χ3n) is 2.62. The van der Waals surface area contributed by atoms with Gasteiger partial charge in [0.1, 0.15) is 5.82 Å². The Morgan fingerprint density at radius 3 is 2.88 bits per heavy atom. The van der Waals surface area contributed by atoms with E-state index >= 15 is 0 Å². The molecular formula is C12H14ClN3O. The number of nitrogens with two attached hydrogens (primary N) is 1. The van der Waals surface area contributed by atoms with E-state index in [0.717, 1.165) is 16.9 Å². The number of carbonyl (C=O) groups excluding carboxylic acids is 1. The van der Waals surface area contributed by atoms with Crippen LogP contribution in [0.15, 0.2) is 24.3 Å². The van der Waals surface area contributed by atoms with Crippen molar-refractivity contribution in [2.24, 2.45) is 5.73 Å². The molecule has 5 heteroatoms. The summed E-state index contributed by atoms with van der Waals surface area (Å²) in [5.74, 6) is 0.449. The number of aryl methyl sites for hydroxylation is 1. The number of halogens is 1. The molecule has 1 atom stereocenters. The number of fused-ring (bicyclic) bond motifs is 1. The SMILES string of the molecule is CC(Cl)c1nc2ccccc2n1CCC(N)=O. The molecular weight excluding hydrogens is 238 g/mol. The van der Waals surface area contributed by atoms with Gasteiger partial charge in [0.2, 0.25) is 5.91 Å². The largest absolute Gasteiger partial charge is 0.370 e.